The van der Waals surface area contributed by atoms with E-state index in [-0.39, 0.29) is 6.04 Å². The summed E-state index contributed by atoms with van der Waals surface area (Å²) in [7, 11) is 0. The van der Waals surface area contributed by atoms with Gasteiger partial charge in [0.2, 0.25) is 0 Å². The number of benzene rings is 3. The lowest BCUT2D eigenvalue weighted by Gasteiger charge is -2.21. The molecule has 0 spiro atoms. The van der Waals surface area contributed by atoms with Gasteiger partial charge in [0, 0.05) is 11.9 Å². The van der Waals surface area contributed by atoms with Gasteiger partial charge in [-0.25, -0.2) is 4.98 Å². The highest BCUT2D eigenvalue weighted by Crippen LogP contribution is 2.33. The Morgan fingerprint density at radius 3 is 2.32 bits per heavy atom. The first-order chi connectivity index (χ1) is 19.8. The highest BCUT2D eigenvalue weighted by molar-refractivity contribution is 5.84. The molecule has 41 heavy (non-hydrogen) atoms. The van der Waals surface area contributed by atoms with Gasteiger partial charge in [0.15, 0.2) is 0 Å². The van der Waals surface area contributed by atoms with Crippen LogP contribution in [0.15, 0.2) is 84.0 Å². The van der Waals surface area contributed by atoms with Crippen LogP contribution in [0.4, 0.5) is 24.5 Å². The second-order valence-electron chi connectivity index (χ2n) is 9.58. The van der Waals surface area contributed by atoms with Crippen molar-refractivity contribution < 1.29 is 13.2 Å². The SMILES string of the molecule is CC.CCCC(CC)N=c1cc2n(-c3ccc(C(F)(F)F)cc3)c3ccccc3nc-2cc1Nc1cccnc1C. The van der Waals surface area contributed by atoms with Crippen LogP contribution in [0.1, 0.15) is 58.2 Å². The second-order valence-corrected chi connectivity index (χ2v) is 9.58. The number of aryl methyl sites for hydroxylation is 1. The number of alkyl halides is 3. The fourth-order valence-corrected chi connectivity index (χ4v) is 4.78. The molecule has 0 fully saturated rings. The highest BCUT2D eigenvalue weighted by atomic mass is 19.4. The van der Waals surface area contributed by atoms with Crippen LogP contribution in [0.3, 0.4) is 0 Å². The van der Waals surface area contributed by atoms with Crippen molar-refractivity contribution in [2.45, 2.75) is 66.1 Å². The van der Waals surface area contributed by atoms with Gasteiger partial charge in [-0.1, -0.05) is 46.2 Å². The topological polar surface area (TPSA) is 55.1 Å². The molecule has 2 aliphatic rings. The summed E-state index contributed by atoms with van der Waals surface area (Å²) in [6.07, 6.45) is 0.205. The third kappa shape index (κ3) is 6.59. The van der Waals surface area contributed by atoms with Crippen molar-refractivity contribution in [3.05, 3.63) is 95.6 Å². The molecule has 1 atom stereocenters. The van der Waals surface area contributed by atoms with Crippen LogP contribution in [-0.2, 0) is 6.18 Å². The van der Waals surface area contributed by atoms with E-state index in [4.69, 9.17) is 9.98 Å². The van der Waals surface area contributed by atoms with Gasteiger partial charge >= 0.3 is 6.18 Å². The predicted molar refractivity (Wildman–Crippen MR) is 161 cm³/mol. The standard InChI is InChI=1S/C31H30F3N5.C2H6/c1-4-9-22(5-2)36-27-19-30-28(18-26(27)37-24-11-8-17-35-20(24)3)38-25-10-6-7-12-29(25)39(30)23-15-13-21(14-16-23)31(32,33)34;1-2/h6-8,10-19,22,37H,4-5,9H2,1-3H3;1-2H3. The Kier molecular flexibility index (Phi) is 9.42. The largest absolute Gasteiger partial charge is 0.416 e. The Labute approximate surface area is 239 Å². The molecule has 5 nitrogen and oxygen atoms in total. The Hall–Kier alpha value is -4.20. The molecule has 1 aliphatic heterocycles. The zero-order valence-electron chi connectivity index (χ0n) is 24.1. The summed E-state index contributed by atoms with van der Waals surface area (Å²) in [5.74, 6) is 0. The van der Waals surface area contributed by atoms with Crippen molar-refractivity contribution in [3.8, 4) is 17.1 Å². The molecule has 2 aromatic carbocycles. The number of hydrogen-bond donors (Lipinski definition) is 1. The predicted octanol–water partition coefficient (Wildman–Crippen LogP) is 9.10. The number of anilines is 2. The van der Waals surface area contributed by atoms with Gasteiger partial charge in [0.25, 0.3) is 0 Å². The van der Waals surface area contributed by atoms with Crippen molar-refractivity contribution in [2.24, 2.45) is 4.99 Å². The summed E-state index contributed by atoms with van der Waals surface area (Å²) in [4.78, 5) is 14.5. The van der Waals surface area contributed by atoms with Crippen LogP contribution in [0.2, 0.25) is 0 Å². The molecule has 3 aromatic rings. The molecule has 1 aromatic heterocycles. The molecular weight excluding hydrogens is 523 g/mol. The molecule has 1 N–H and O–H groups in total. The van der Waals surface area contributed by atoms with Crippen LogP contribution in [0, 0.1) is 6.92 Å². The van der Waals surface area contributed by atoms with Crippen molar-refractivity contribution in [1.29, 1.82) is 0 Å². The van der Waals surface area contributed by atoms with Crippen LogP contribution >= 0.6 is 0 Å². The van der Waals surface area contributed by atoms with Gasteiger partial charge in [0.05, 0.1) is 56.5 Å². The maximum atomic E-state index is 13.3. The molecule has 0 radical (unpaired) electrons. The maximum absolute atomic E-state index is 13.3. The number of para-hydroxylation sites is 2. The van der Waals surface area contributed by atoms with Crippen molar-refractivity contribution in [2.75, 3.05) is 5.32 Å². The van der Waals surface area contributed by atoms with Crippen LogP contribution < -0.4 is 10.7 Å². The lowest BCUT2D eigenvalue weighted by molar-refractivity contribution is -0.137. The van der Waals surface area contributed by atoms with E-state index in [1.807, 2.05) is 73.9 Å². The lowest BCUT2D eigenvalue weighted by Crippen LogP contribution is -2.18. The average Bonchev–Trinajstić information content (AvgIpc) is 2.98. The number of fused-ring (bicyclic) bond motifs is 2. The maximum Gasteiger partial charge on any atom is 0.416 e. The third-order valence-corrected chi connectivity index (χ3v) is 6.84. The van der Waals surface area contributed by atoms with E-state index in [1.54, 1.807) is 6.20 Å². The van der Waals surface area contributed by atoms with Crippen LogP contribution in [0.25, 0.3) is 28.1 Å². The van der Waals surface area contributed by atoms with E-state index < -0.39 is 11.7 Å². The Balaban J connectivity index is 0.00000189. The fraction of sp³-hybridized carbons (Fsp3) is 0.303. The number of hydrogen-bond acceptors (Lipinski definition) is 4. The first-order valence-electron chi connectivity index (χ1n) is 14.1. The molecule has 214 valence electrons. The van der Waals surface area contributed by atoms with Crippen LogP contribution in [0.5, 0.6) is 0 Å². The van der Waals surface area contributed by atoms with E-state index >= 15 is 0 Å². The number of nitrogens with one attached hydrogen (secondary N) is 1. The van der Waals surface area contributed by atoms with E-state index in [0.717, 1.165) is 70.5 Å². The number of rotatable bonds is 7. The third-order valence-electron chi connectivity index (χ3n) is 6.84. The molecule has 0 amide bonds. The first kappa shape index (κ1) is 29.8. The molecule has 8 heteroatoms. The summed E-state index contributed by atoms with van der Waals surface area (Å²) in [5, 5.41) is 4.27. The van der Waals surface area contributed by atoms with E-state index in [1.165, 1.54) is 12.1 Å². The Morgan fingerprint density at radius 1 is 0.927 bits per heavy atom. The van der Waals surface area contributed by atoms with Gasteiger partial charge in [-0.3, -0.25) is 9.98 Å². The Morgan fingerprint density at radius 2 is 1.66 bits per heavy atom. The average molecular weight is 560 g/mol. The van der Waals surface area contributed by atoms with Crippen molar-refractivity contribution >= 4 is 22.4 Å². The molecule has 0 saturated heterocycles. The van der Waals surface area contributed by atoms with Crippen LogP contribution in [-0.4, -0.2) is 20.6 Å². The quantitative estimate of drug-likeness (QED) is 0.202. The van der Waals surface area contributed by atoms with E-state index in [9.17, 15) is 13.2 Å². The van der Waals surface area contributed by atoms with Gasteiger partial charge in [0.1, 0.15) is 0 Å². The van der Waals surface area contributed by atoms with Crippen molar-refractivity contribution in [3.63, 3.8) is 0 Å². The fourth-order valence-electron chi connectivity index (χ4n) is 4.78. The van der Waals surface area contributed by atoms with Gasteiger partial charge < -0.3 is 9.88 Å². The monoisotopic (exact) mass is 559 g/mol. The zero-order valence-corrected chi connectivity index (χ0v) is 24.1. The molecule has 1 unspecified atom stereocenters. The molecular formula is C33H36F3N5. The van der Waals surface area contributed by atoms with Gasteiger partial charge in [-0.05, 0) is 80.4 Å². The minimum Gasteiger partial charge on any atom is -0.352 e. The zero-order chi connectivity index (χ0) is 29.6. The number of aromatic nitrogens is 3. The van der Waals surface area contributed by atoms with E-state index in [2.05, 4.69) is 24.1 Å². The Bertz CT molecular complexity index is 1640. The minimum atomic E-state index is -4.41. The summed E-state index contributed by atoms with van der Waals surface area (Å²) in [6, 6.07) is 20.8. The molecule has 0 saturated carbocycles. The molecule has 2 heterocycles. The summed E-state index contributed by atoms with van der Waals surface area (Å²) < 4.78 is 41.9. The second kappa shape index (κ2) is 13.0. The van der Waals surface area contributed by atoms with Crippen molar-refractivity contribution in [1.82, 2.24) is 14.5 Å². The number of halogens is 3. The summed E-state index contributed by atoms with van der Waals surface area (Å²) in [5.41, 5.74) is 5.43. The molecule has 0 bridgehead atoms. The minimum absolute atomic E-state index is 0.135. The first-order valence-corrected chi connectivity index (χ1v) is 14.1. The number of nitrogens with zero attached hydrogens (tertiary/aromatic N) is 4. The smallest absolute Gasteiger partial charge is 0.352 e. The lowest BCUT2D eigenvalue weighted by atomic mass is 10.1. The normalized spacial score (nSPS) is 12.7. The van der Waals surface area contributed by atoms with E-state index in [0.29, 0.717) is 11.4 Å². The molecule has 5 rings (SSSR count). The molecule has 1 aliphatic carbocycles. The van der Waals surface area contributed by atoms with Gasteiger partial charge in [-0.2, -0.15) is 13.2 Å². The number of pyridine rings is 1. The summed E-state index contributed by atoms with van der Waals surface area (Å²) >= 11 is 0. The van der Waals surface area contributed by atoms with Gasteiger partial charge in [-0.15, -0.1) is 0 Å². The summed E-state index contributed by atoms with van der Waals surface area (Å²) in [6.45, 7) is 10.2. The highest BCUT2D eigenvalue weighted by Gasteiger charge is 2.30.